The van der Waals surface area contributed by atoms with Crippen LogP contribution >= 0.6 is 0 Å². The van der Waals surface area contributed by atoms with Gasteiger partial charge in [0, 0.05) is 5.92 Å². The first-order valence-electron chi connectivity index (χ1n) is 11.8. The number of ether oxygens (including phenoxy) is 1. The topological polar surface area (TPSA) is 105 Å². The Morgan fingerprint density at radius 2 is 1.53 bits per heavy atom. The summed E-state index contributed by atoms with van der Waals surface area (Å²) in [6.07, 6.45) is 1.68. The molecule has 0 bridgehead atoms. The van der Waals surface area contributed by atoms with Gasteiger partial charge in [0.15, 0.2) is 0 Å². The smallest absolute Gasteiger partial charge is 0.407 e. The molecule has 34 heavy (non-hydrogen) atoms. The van der Waals surface area contributed by atoms with E-state index in [9.17, 15) is 19.5 Å². The van der Waals surface area contributed by atoms with Crippen LogP contribution in [0.4, 0.5) is 4.79 Å². The number of carbonyl (C=O) groups excluding carboxylic acids is 2. The van der Waals surface area contributed by atoms with Crippen molar-refractivity contribution in [2.75, 3.05) is 6.61 Å². The number of nitrogens with one attached hydrogen (secondary N) is 2. The van der Waals surface area contributed by atoms with Crippen LogP contribution in [0.25, 0.3) is 11.1 Å². The molecular formula is C27H32N2O5. The van der Waals surface area contributed by atoms with Gasteiger partial charge in [0.1, 0.15) is 18.7 Å². The fraction of sp³-hybridized carbons (Fsp3) is 0.444. The lowest BCUT2D eigenvalue weighted by Crippen LogP contribution is -2.56. The maximum Gasteiger partial charge on any atom is 0.407 e. The number of carbonyl (C=O) groups is 3. The van der Waals surface area contributed by atoms with Gasteiger partial charge in [0.2, 0.25) is 5.91 Å². The average Bonchev–Trinajstić information content (AvgIpc) is 3.55. The Bertz CT molecular complexity index is 1040. The normalized spacial score (nSPS) is 16.7. The van der Waals surface area contributed by atoms with Crippen LogP contribution in [0.3, 0.4) is 0 Å². The molecule has 1 fully saturated rings. The molecule has 2 aromatic carbocycles. The lowest BCUT2D eigenvalue weighted by atomic mass is 9.86. The predicted molar refractivity (Wildman–Crippen MR) is 128 cm³/mol. The Kier molecular flexibility index (Phi) is 6.64. The lowest BCUT2D eigenvalue weighted by Gasteiger charge is -2.31. The molecule has 7 nitrogen and oxygen atoms in total. The van der Waals surface area contributed by atoms with Gasteiger partial charge in [0.05, 0.1) is 0 Å². The summed E-state index contributed by atoms with van der Waals surface area (Å²) in [5.41, 5.74) is 3.83. The molecule has 0 aromatic heterocycles. The molecule has 180 valence electrons. The quantitative estimate of drug-likeness (QED) is 0.540. The van der Waals surface area contributed by atoms with E-state index in [0.29, 0.717) is 12.3 Å². The molecule has 0 saturated heterocycles. The van der Waals surface area contributed by atoms with Crippen molar-refractivity contribution in [3.8, 4) is 11.1 Å². The molecule has 0 heterocycles. The van der Waals surface area contributed by atoms with Gasteiger partial charge >= 0.3 is 12.1 Å². The van der Waals surface area contributed by atoms with Crippen molar-refractivity contribution in [1.82, 2.24) is 10.6 Å². The number of hydrogen-bond donors (Lipinski definition) is 3. The van der Waals surface area contributed by atoms with Gasteiger partial charge < -0.3 is 20.5 Å². The predicted octanol–water partition coefficient (Wildman–Crippen LogP) is 4.31. The molecule has 4 rings (SSSR count). The van der Waals surface area contributed by atoms with Crippen molar-refractivity contribution in [1.29, 1.82) is 0 Å². The molecule has 2 amide bonds. The van der Waals surface area contributed by atoms with E-state index in [1.165, 1.54) is 0 Å². The van der Waals surface area contributed by atoms with E-state index in [0.717, 1.165) is 35.1 Å². The molecule has 0 radical (unpaired) electrons. The minimum absolute atomic E-state index is 0.0880. The first-order valence-corrected chi connectivity index (χ1v) is 11.8. The summed E-state index contributed by atoms with van der Waals surface area (Å²) in [7, 11) is 0. The molecule has 7 heteroatoms. The van der Waals surface area contributed by atoms with E-state index < -0.39 is 35.5 Å². The second-order valence-corrected chi connectivity index (χ2v) is 10.3. The van der Waals surface area contributed by atoms with Crippen LogP contribution in [0.1, 0.15) is 57.1 Å². The Morgan fingerprint density at radius 3 is 2.03 bits per heavy atom. The van der Waals surface area contributed by atoms with E-state index in [1.54, 1.807) is 0 Å². The second-order valence-electron chi connectivity index (χ2n) is 10.3. The fourth-order valence-electron chi connectivity index (χ4n) is 4.60. The summed E-state index contributed by atoms with van der Waals surface area (Å²) in [6, 6.07) is 14.2. The van der Waals surface area contributed by atoms with Crippen LogP contribution in [0, 0.1) is 11.3 Å². The molecule has 3 N–H and O–H groups in total. The molecule has 0 spiro atoms. The number of carboxylic acid groups (broad SMARTS) is 1. The monoisotopic (exact) mass is 464 g/mol. The number of amides is 2. The van der Waals surface area contributed by atoms with Gasteiger partial charge in [-0.25, -0.2) is 9.59 Å². The van der Waals surface area contributed by atoms with Crippen LogP contribution in [0.15, 0.2) is 48.5 Å². The molecule has 2 aromatic rings. The van der Waals surface area contributed by atoms with Crippen molar-refractivity contribution in [3.05, 3.63) is 59.7 Å². The number of aliphatic carboxylic acids is 1. The third-order valence-electron chi connectivity index (χ3n) is 6.61. The van der Waals surface area contributed by atoms with Gasteiger partial charge in [-0.2, -0.15) is 0 Å². The molecule has 2 aliphatic carbocycles. The minimum atomic E-state index is -1.06. The molecule has 2 aliphatic rings. The maximum absolute atomic E-state index is 13.0. The van der Waals surface area contributed by atoms with E-state index in [1.807, 2.05) is 57.2 Å². The number of rotatable bonds is 8. The number of alkyl carbamates (subject to hydrolysis) is 1. The average molecular weight is 465 g/mol. The summed E-state index contributed by atoms with van der Waals surface area (Å²) in [4.78, 5) is 37.4. The summed E-state index contributed by atoms with van der Waals surface area (Å²) in [5, 5.41) is 14.8. The van der Waals surface area contributed by atoms with E-state index in [2.05, 4.69) is 22.8 Å². The third-order valence-corrected chi connectivity index (χ3v) is 6.61. The van der Waals surface area contributed by atoms with E-state index in [-0.39, 0.29) is 12.5 Å². The van der Waals surface area contributed by atoms with Crippen LogP contribution < -0.4 is 10.6 Å². The first-order chi connectivity index (χ1) is 16.1. The van der Waals surface area contributed by atoms with Gasteiger partial charge in [-0.1, -0.05) is 82.1 Å². The van der Waals surface area contributed by atoms with Crippen LogP contribution in [0.5, 0.6) is 0 Å². The highest BCUT2D eigenvalue weighted by atomic mass is 16.5. The first kappa shape index (κ1) is 23.8. The number of fused-ring (bicyclic) bond motifs is 3. The van der Waals surface area contributed by atoms with E-state index in [4.69, 9.17) is 4.74 Å². The van der Waals surface area contributed by atoms with Crippen molar-refractivity contribution in [2.45, 2.75) is 58.0 Å². The van der Waals surface area contributed by atoms with Crippen molar-refractivity contribution < 1.29 is 24.2 Å². The summed E-state index contributed by atoms with van der Waals surface area (Å²) in [5.74, 6) is -1.33. The highest BCUT2D eigenvalue weighted by Crippen LogP contribution is 2.44. The van der Waals surface area contributed by atoms with Gasteiger partial charge in [0.25, 0.3) is 0 Å². The molecule has 1 saturated carbocycles. The Labute approximate surface area is 199 Å². The molecule has 2 atom stereocenters. The Balaban J connectivity index is 1.42. The highest BCUT2D eigenvalue weighted by molar-refractivity contribution is 5.90. The summed E-state index contributed by atoms with van der Waals surface area (Å²) in [6.45, 7) is 5.59. The second kappa shape index (κ2) is 9.49. The number of carboxylic acids is 1. The lowest BCUT2D eigenvalue weighted by molar-refractivity contribution is -0.142. The molecule has 0 aliphatic heterocycles. The van der Waals surface area contributed by atoms with Crippen molar-refractivity contribution in [3.63, 3.8) is 0 Å². The minimum Gasteiger partial charge on any atom is -0.480 e. The van der Waals surface area contributed by atoms with Gasteiger partial charge in [-0.15, -0.1) is 0 Å². The maximum atomic E-state index is 13.0. The fourth-order valence-corrected chi connectivity index (χ4v) is 4.60. The third kappa shape index (κ3) is 5.24. The van der Waals surface area contributed by atoms with Gasteiger partial charge in [-0.05, 0) is 40.0 Å². The standard InChI is InChI=1S/C27H32N2O5/c1-27(2,3)23(24(30)28-22(25(31)32)14-16-12-13-16)29-26(33)34-15-21-19-10-6-4-8-17(19)18-9-5-7-11-20(18)21/h4-11,16,21-23H,12-15H2,1-3H3,(H,28,30)(H,29,33)(H,31,32). The highest BCUT2D eigenvalue weighted by Gasteiger charge is 2.37. The number of hydrogen-bond acceptors (Lipinski definition) is 4. The SMILES string of the molecule is CC(C)(C)C(NC(=O)OCC1c2ccccc2-c2ccccc21)C(=O)NC(CC1CC1)C(=O)O. The van der Waals surface area contributed by atoms with Crippen LogP contribution in [0.2, 0.25) is 0 Å². The van der Waals surface area contributed by atoms with Gasteiger partial charge in [-0.3, -0.25) is 4.79 Å². The number of benzene rings is 2. The largest absolute Gasteiger partial charge is 0.480 e. The van der Waals surface area contributed by atoms with Crippen LogP contribution in [-0.2, 0) is 14.3 Å². The summed E-state index contributed by atoms with van der Waals surface area (Å²) >= 11 is 0. The van der Waals surface area contributed by atoms with Crippen LogP contribution in [-0.4, -0.2) is 41.8 Å². The zero-order valence-corrected chi connectivity index (χ0v) is 19.8. The van der Waals surface area contributed by atoms with Crippen molar-refractivity contribution >= 4 is 18.0 Å². The Hall–Kier alpha value is -3.35. The molecular weight excluding hydrogens is 432 g/mol. The van der Waals surface area contributed by atoms with E-state index >= 15 is 0 Å². The van der Waals surface area contributed by atoms with Crippen molar-refractivity contribution in [2.24, 2.45) is 11.3 Å². The summed E-state index contributed by atoms with van der Waals surface area (Å²) < 4.78 is 5.60. The molecule has 2 unspecified atom stereocenters. The Morgan fingerprint density at radius 1 is 0.971 bits per heavy atom. The zero-order valence-electron chi connectivity index (χ0n) is 19.8. The zero-order chi connectivity index (χ0) is 24.5.